The number of fused-ring (bicyclic) bond motifs is 4. The van der Waals surface area contributed by atoms with Gasteiger partial charge in [0.2, 0.25) is 5.91 Å². The molecular weight excluding hydrogens is 319 g/mol. The standard InChI is InChI=1S/C16H16ClFN4O/c17-15-14-10-7-6-9(18)8-12(10)20-13(23)5-3-1-2-4-11(19)16(21-14)22-15/h1-2,6-8,11H,3-5,19H2,(H,20,23)(H,21,22). The summed E-state index contributed by atoms with van der Waals surface area (Å²) in [6.07, 6.45) is 5.29. The Bertz CT molecular complexity index is 771. The first-order valence-corrected chi connectivity index (χ1v) is 7.68. The maximum atomic E-state index is 13.6. The summed E-state index contributed by atoms with van der Waals surface area (Å²) < 4.78 is 13.6. The van der Waals surface area contributed by atoms with Crippen molar-refractivity contribution in [2.45, 2.75) is 25.3 Å². The average molecular weight is 335 g/mol. The van der Waals surface area contributed by atoms with E-state index in [4.69, 9.17) is 17.3 Å². The van der Waals surface area contributed by atoms with Gasteiger partial charge in [0.1, 0.15) is 22.5 Å². The molecule has 2 heterocycles. The van der Waals surface area contributed by atoms with Crippen molar-refractivity contribution in [3.05, 3.63) is 47.1 Å². The molecule has 0 aliphatic carbocycles. The summed E-state index contributed by atoms with van der Waals surface area (Å²) in [7, 11) is 0. The van der Waals surface area contributed by atoms with Crippen LogP contribution in [0.25, 0.3) is 11.3 Å². The van der Waals surface area contributed by atoms with Crippen LogP contribution in [0.4, 0.5) is 10.1 Å². The van der Waals surface area contributed by atoms with Crippen LogP contribution in [0.15, 0.2) is 30.4 Å². The molecule has 23 heavy (non-hydrogen) atoms. The predicted molar refractivity (Wildman–Crippen MR) is 87.5 cm³/mol. The molecule has 0 saturated carbocycles. The number of carbonyl (C=O) groups excluding carboxylic acids is 1. The molecule has 2 aromatic rings. The lowest BCUT2D eigenvalue weighted by atomic mass is 10.1. The highest BCUT2D eigenvalue weighted by Gasteiger charge is 2.19. The number of H-pyrrole nitrogens is 1. The first kappa shape index (κ1) is 15.7. The molecule has 0 radical (unpaired) electrons. The van der Waals surface area contributed by atoms with Gasteiger partial charge in [-0.2, -0.15) is 0 Å². The second-order valence-corrected chi connectivity index (χ2v) is 5.75. The number of benzene rings is 1. The smallest absolute Gasteiger partial charge is 0.224 e. The number of aromatic nitrogens is 2. The number of anilines is 1. The highest BCUT2D eigenvalue weighted by Crippen LogP contribution is 2.33. The van der Waals surface area contributed by atoms with Gasteiger partial charge in [-0.25, -0.2) is 9.37 Å². The quantitative estimate of drug-likeness (QED) is 0.644. The fraction of sp³-hybridized carbons (Fsp3) is 0.250. The Morgan fingerprint density at radius 1 is 1.35 bits per heavy atom. The van der Waals surface area contributed by atoms with Crippen molar-refractivity contribution in [2.75, 3.05) is 5.32 Å². The number of hydrogen-bond donors (Lipinski definition) is 3. The van der Waals surface area contributed by atoms with Crippen LogP contribution < -0.4 is 11.1 Å². The Morgan fingerprint density at radius 2 is 2.17 bits per heavy atom. The molecule has 2 bridgehead atoms. The topological polar surface area (TPSA) is 83.8 Å². The Balaban J connectivity index is 2.12. The van der Waals surface area contributed by atoms with Gasteiger partial charge < -0.3 is 16.0 Å². The minimum absolute atomic E-state index is 0.197. The van der Waals surface area contributed by atoms with Crippen LogP contribution in [0.1, 0.15) is 31.1 Å². The number of rotatable bonds is 0. The van der Waals surface area contributed by atoms with E-state index in [-0.39, 0.29) is 11.9 Å². The zero-order valence-electron chi connectivity index (χ0n) is 12.3. The summed E-state index contributed by atoms with van der Waals surface area (Å²) in [6, 6.07) is 3.77. The average Bonchev–Trinajstić information content (AvgIpc) is 2.88. The van der Waals surface area contributed by atoms with E-state index < -0.39 is 5.82 Å². The van der Waals surface area contributed by atoms with Crippen LogP contribution in [0.5, 0.6) is 0 Å². The van der Waals surface area contributed by atoms with E-state index in [9.17, 15) is 9.18 Å². The molecule has 1 atom stereocenters. The summed E-state index contributed by atoms with van der Waals surface area (Å²) in [5.41, 5.74) is 7.42. The van der Waals surface area contributed by atoms with Crippen LogP contribution in [0, 0.1) is 5.82 Å². The van der Waals surface area contributed by atoms with E-state index in [1.54, 1.807) is 6.07 Å². The van der Waals surface area contributed by atoms with Crippen LogP contribution in [-0.4, -0.2) is 15.9 Å². The first-order chi connectivity index (χ1) is 11.0. The number of nitrogens with two attached hydrogens (primary N) is 1. The Labute approximate surface area is 137 Å². The van der Waals surface area contributed by atoms with Crippen LogP contribution in [0.2, 0.25) is 5.15 Å². The number of nitrogens with one attached hydrogen (secondary N) is 2. The van der Waals surface area contributed by atoms with Gasteiger partial charge in [-0.05, 0) is 31.0 Å². The summed E-state index contributed by atoms with van der Waals surface area (Å²) in [5, 5.41) is 3.02. The van der Waals surface area contributed by atoms with Crippen molar-refractivity contribution in [3.63, 3.8) is 0 Å². The highest BCUT2D eigenvalue weighted by molar-refractivity contribution is 6.32. The predicted octanol–water partition coefficient (Wildman–Crippen LogP) is 3.55. The minimum Gasteiger partial charge on any atom is -0.331 e. The number of halogens is 2. The number of imidazole rings is 1. The second-order valence-electron chi connectivity index (χ2n) is 5.37. The molecule has 1 aliphatic rings. The Hall–Kier alpha value is -2.18. The number of nitrogens with zero attached hydrogens (tertiary/aromatic N) is 1. The third-order valence-corrected chi connectivity index (χ3v) is 3.91. The van der Waals surface area contributed by atoms with Crippen molar-refractivity contribution < 1.29 is 9.18 Å². The van der Waals surface area contributed by atoms with E-state index in [2.05, 4.69) is 15.3 Å². The van der Waals surface area contributed by atoms with E-state index in [1.807, 2.05) is 12.2 Å². The van der Waals surface area contributed by atoms with Crippen LogP contribution in [-0.2, 0) is 4.79 Å². The number of aromatic amines is 1. The minimum atomic E-state index is -0.447. The van der Waals surface area contributed by atoms with Gasteiger partial charge in [-0.3, -0.25) is 4.79 Å². The van der Waals surface area contributed by atoms with Gasteiger partial charge in [0.15, 0.2) is 0 Å². The largest absolute Gasteiger partial charge is 0.331 e. The van der Waals surface area contributed by atoms with E-state index in [1.165, 1.54) is 12.1 Å². The normalized spacial score (nSPS) is 18.4. The van der Waals surface area contributed by atoms with E-state index in [0.717, 1.165) is 0 Å². The molecule has 120 valence electrons. The molecule has 5 nitrogen and oxygen atoms in total. The summed E-state index contributed by atoms with van der Waals surface area (Å²) in [5.74, 6) is -0.0933. The molecule has 1 unspecified atom stereocenters. The first-order valence-electron chi connectivity index (χ1n) is 7.30. The van der Waals surface area contributed by atoms with Gasteiger partial charge in [-0.15, -0.1) is 0 Å². The molecule has 0 fully saturated rings. The van der Waals surface area contributed by atoms with Crippen molar-refractivity contribution in [1.82, 2.24) is 9.97 Å². The molecule has 0 saturated heterocycles. The third-order valence-electron chi connectivity index (χ3n) is 3.63. The van der Waals surface area contributed by atoms with Gasteiger partial charge in [-0.1, -0.05) is 23.8 Å². The number of carbonyl (C=O) groups is 1. The molecule has 4 N–H and O–H groups in total. The zero-order chi connectivity index (χ0) is 16.4. The zero-order valence-corrected chi connectivity index (χ0v) is 13.0. The Morgan fingerprint density at radius 3 is 3.00 bits per heavy atom. The van der Waals surface area contributed by atoms with Gasteiger partial charge in [0, 0.05) is 12.0 Å². The molecule has 1 amide bonds. The molecule has 7 heteroatoms. The maximum Gasteiger partial charge on any atom is 0.224 e. The van der Waals surface area contributed by atoms with Crippen molar-refractivity contribution in [2.24, 2.45) is 5.73 Å². The Kier molecular flexibility index (Phi) is 4.45. The van der Waals surface area contributed by atoms with Crippen LogP contribution in [0.3, 0.4) is 0 Å². The molecule has 0 spiro atoms. The van der Waals surface area contributed by atoms with Gasteiger partial charge >= 0.3 is 0 Å². The number of amides is 1. The summed E-state index contributed by atoms with van der Waals surface area (Å²) in [4.78, 5) is 19.4. The number of hydrogen-bond acceptors (Lipinski definition) is 3. The molecule has 1 aromatic carbocycles. The second kappa shape index (κ2) is 6.52. The third kappa shape index (κ3) is 3.43. The van der Waals surface area contributed by atoms with Gasteiger partial charge in [0.05, 0.1) is 11.7 Å². The fourth-order valence-electron chi connectivity index (χ4n) is 2.45. The van der Waals surface area contributed by atoms with Crippen molar-refractivity contribution in [3.8, 4) is 11.3 Å². The SMILES string of the molecule is NC1CC=CCCC(=O)Nc2cc(F)ccc2-c2nc1[nH]c2Cl. The lowest BCUT2D eigenvalue weighted by Gasteiger charge is -2.10. The molecular formula is C16H16ClFN4O. The number of allylic oxidation sites excluding steroid dienone is 1. The van der Waals surface area contributed by atoms with Crippen molar-refractivity contribution >= 4 is 23.2 Å². The molecule has 3 rings (SSSR count). The highest BCUT2D eigenvalue weighted by atomic mass is 35.5. The monoisotopic (exact) mass is 334 g/mol. The lowest BCUT2D eigenvalue weighted by Crippen LogP contribution is -2.12. The maximum absolute atomic E-state index is 13.6. The van der Waals surface area contributed by atoms with Gasteiger partial charge in [0.25, 0.3) is 0 Å². The van der Waals surface area contributed by atoms with E-state index in [0.29, 0.717) is 47.2 Å². The molecule has 1 aliphatic heterocycles. The summed E-state index contributed by atoms with van der Waals surface area (Å²) >= 11 is 6.22. The van der Waals surface area contributed by atoms with Crippen LogP contribution >= 0.6 is 11.6 Å². The fourth-order valence-corrected chi connectivity index (χ4v) is 2.69. The molecule has 1 aromatic heterocycles. The van der Waals surface area contributed by atoms with E-state index >= 15 is 0 Å². The van der Waals surface area contributed by atoms with Crippen molar-refractivity contribution in [1.29, 1.82) is 0 Å². The summed E-state index contributed by atoms with van der Waals surface area (Å²) in [6.45, 7) is 0. The lowest BCUT2D eigenvalue weighted by molar-refractivity contribution is -0.116.